The molecule has 1 atom stereocenters. The van der Waals surface area contributed by atoms with Crippen LogP contribution in [-0.2, 0) is 35.7 Å². The summed E-state index contributed by atoms with van der Waals surface area (Å²) in [5, 5.41) is 10.2. The fourth-order valence-electron chi connectivity index (χ4n) is 4.64. The molecule has 1 aliphatic rings. The number of ether oxygens (including phenoxy) is 4. The molecule has 1 fully saturated rings. The zero-order chi connectivity index (χ0) is 27.6. The van der Waals surface area contributed by atoms with E-state index in [-0.39, 0.29) is 37.6 Å². The molecule has 0 spiro atoms. The Morgan fingerprint density at radius 2 is 1.35 bits per heavy atom. The molecule has 0 saturated carbocycles. The standard InChI is InChI=1S/C33H33NO6/c35-33(36)30-32(40-22-26-16-8-3-9-17-26)31(39-21-25-14-6-2-7-15-25)27(20-24-12-4-1-5-13-24)28(34-30)23-38-29-18-10-11-19-37-29/h1-9,12-17,29H,10-11,18-23H2,(H,35,36). The monoisotopic (exact) mass is 539 g/mol. The molecule has 0 bridgehead atoms. The predicted octanol–water partition coefficient (Wildman–Crippen LogP) is 6.57. The molecule has 0 radical (unpaired) electrons. The summed E-state index contributed by atoms with van der Waals surface area (Å²) < 4.78 is 24.5. The SMILES string of the molecule is O=C(O)c1nc(COC2CCCCO2)c(Cc2ccccc2)c(OCc2ccccc2)c1OCc1ccccc1. The van der Waals surface area contributed by atoms with E-state index in [1.165, 1.54) is 0 Å². The van der Waals surface area contributed by atoms with Crippen molar-refractivity contribution in [3.63, 3.8) is 0 Å². The lowest BCUT2D eigenvalue weighted by atomic mass is 10.0. The van der Waals surface area contributed by atoms with Gasteiger partial charge in [0, 0.05) is 18.6 Å². The van der Waals surface area contributed by atoms with E-state index >= 15 is 0 Å². The number of hydrogen-bond donors (Lipinski definition) is 1. The first-order chi connectivity index (χ1) is 19.7. The van der Waals surface area contributed by atoms with E-state index < -0.39 is 5.97 Å². The van der Waals surface area contributed by atoms with Crippen LogP contribution in [-0.4, -0.2) is 29.0 Å². The fraction of sp³-hybridized carbons (Fsp3) is 0.273. The van der Waals surface area contributed by atoms with E-state index in [0.29, 0.717) is 24.5 Å². The van der Waals surface area contributed by atoms with Crippen molar-refractivity contribution < 1.29 is 28.8 Å². The topological polar surface area (TPSA) is 87.1 Å². The molecule has 5 rings (SSSR count). The van der Waals surface area contributed by atoms with Crippen LogP contribution in [0.15, 0.2) is 91.0 Å². The van der Waals surface area contributed by atoms with Crippen LogP contribution in [0.1, 0.15) is 57.7 Å². The van der Waals surface area contributed by atoms with E-state index in [1.54, 1.807) is 0 Å². The highest BCUT2D eigenvalue weighted by molar-refractivity contribution is 5.90. The molecular formula is C33H33NO6. The normalized spacial score (nSPS) is 14.9. The third-order valence-electron chi connectivity index (χ3n) is 6.71. The number of benzene rings is 3. The average molecular weight is 540 g/mol. The van der Waals surface area contributed by atoms with Gasteiger partial charge in [0.15, 0.2) is 23.5 Å². The first kappa shape index (κ1) is 27.4. The summed E-state index contributed by atoms with van der Waals surface area (Å²) in [7, 11) is 0. The van der Waals surface area contributed by atoms with E-state index in [2.05, 4.69) is 4.98 Å². The van der Waals surface area contributed by atoms with Gasteiger partial charge in [-0.3, -0.25) is 0 Å². The second-order valence-corrected chi connectivity index (χ2v) is 9.67. The van der Waals surface area contributed by atoms with Gasteiger partial charge in [0.25, 0.3) is 0 Å². The molecule has 206 valence electrons. The van der Waals surface area contributed by atoms with E-state index in [9.17, 15) is 9.90 Å². The zero-order valence-corrected chi connectivity index (χ0v) is 22.3. The molecule has 7 nitrogen and oxygen atoms in total. The third-order valence-corrected chi connectivity index (χ3v) is 6.71. The van der Waals surface area contributed by atoms with Crippen LogP contribution in [0.4, 0.5) is 0 Å². The summed E-state index contributed by atoms with van der Waals surface area (Å²) in [4.78, 5) is 17.1. The predicted molar refractivity (Wildman–Crippen MR) is 150 cm³/mol. The second-order valence-electron chi connectivity index (χ2n) is 9.67. The van der Waals surface area contributed by atoms with Gasteiger partial charge in [-0.2, -0.15) is 0 Å². The van der Waals surface area contributed by atoms with Gasteiger partial charge < -0.3 is 24.1 Å². The molecule has 7 heteroatoms. The Labute approximate surface area is 234 Å². The van der Waals surface area contributed by atoms with Crippen LogP contribution < -0.4 is 9.47 Å². The lowest BCUT2D eigenvalue weighted by Gasteiger charge is -2.24. The van der Waals surface area contributed by atoms with Crippen LogP contribution in [0, 0.1) is 0 Å². The van der Waals surface area contributed by atoms with E-state index in [0.717, 1.165) is 41.5 Å². The molecule has 3 aromatic carbocycles. The molecule has 1 unspecified atom stereocenters. The largest absolute Gasteiger partial charge is 0.485 e. The fourth-order valence-corrected chi connectivity index (χ4v) is 4.64. The summed E-state index contributed by atoms with van der Waals surface area (Å²) in [6.07, 6.45) is 2.92. The summed E-state index contributed by atoms with van der Waals surface area (Å²) in [6, 6.07) is 29.3. The number of carbonyl (C=O) groups is 1. The first-order valence-electron chi connectivity index (χ1n) is 13.6. The number of aromatic carboxylic acids is 1. The maximum Gasteiger partial charge on any atom is 0.358 e. The second kappa shape index (κ2) is 13.7. The molecule has 1 N–H and O–H groups in total. The summed E-state index contributed by atoms with van der Waals surface area (Å²) in [5.41, 5.74) is 3.89. The van der Waals surface area contributed by atoms with Gasteiger partial charge in [-0.15, -0.1) is 0 Å². The lowest BCUT2D eigenvalue weighted by Crippen LogP contribution is -2.23. The lowest BCUT2D eigenvalue weighted by molar-refractivity contribution is -0.169. The van der Waals surface area contributed by atoms with Gasteiger partial charge in [-0.25, -0.2) is 9.78 Å². The van der Waals surface area contributed by atoms with Crippen LogP contribution in [0.3, 0.4) is 0 Å². The van der Waals surface area contributed by atoms with Crippen molar-refractivity contribution in [2.45, 2.75) is 51.8 Å². The van der Waals surface area contributed by atoms with E-state index in [4.69, 9.17) is 18.9 Å². The maximum atomic E-state index is 12.5. The minimum atomic E-state index is -1.20. The highest BCUT2D eigenvalue weighted by Crippen LogP contribution is 2.39. The Balaban J connectivity index is 1.57. The van der Waals surface area contributed by atoms with Crippen molar-refractivity contribution in [3.05, 3.63) is 125 Å². The number of nitrogens with zero attached hydrogens (tertiary/aromatic N) is 1. The summed E-state index contributed by atoms with van der Waals surface area (Å²) in [6.45, 7) is 1.14. The smallest absolute Gasteiger partial charge is 0.358 e. The van der Waals surface area contributed by atoms with Crippen LogP contribution >= 0.6 is 0 Å². The molecular weight excluding hydrogens is 506 g/mol. The number of carboxylic acids is 1. The van der Waals surface area contributed by atoms with Gasteiger partial charge >= 0.3 is 5.97 Å². The maximum absolute atomic E-state index is 12.5. The Morgan fingerprint density at radius 3 is 1.90 bits per heavy atom. The number of rotatable bonds is 12. The van der Waals surface area contributed by atoms with Crippen molar-refractivity contribution in [1.82, 2.24) is 4.98 Å². The van der Waals surface area contributed by atoms with E-state index in [1.807, 2.05) is 91.0 Å². The molecule has 0 aliphatic carbocycles. The Hall–Kier alpha value is -4.20. The van der Waals surface area contributed by atoms with Crippen LogP contribution in [0.5, 0.6) is 11.5 Å². The van der Waals surface area contributed by atoms with Gasteiger partial charge in [0.2, 0.25) is 0 Å². The molecule has 4 aromatic rings. The third kappa shape index (κ3) is 7.25. The molecule has 1 aromatic heterocycles. The number of aromatic nitrogens is 1. The number of pyridine rings is 1. The van der Waals surface area contributed by atoms with Gasteiger partial charge in [0.05, 0.1) is 12.3 Å². The highest BCUT2D eigenvalue weighted by Gasteiger charge is 2.28. The molecule has 1 saturated heterocycles. The first-order valence-corrected chi connectivity index (χ1v) is 13.6. The van der Waals surface area contributed by atoms with Crippen molar-refractivity contribution in [1.29, 1.82) is 0 Å². The highest BCUT2D eigenvalue weighted by atomic mass is 16.7. The quantitative estimate of drug-likeness (QED) is 0.218. The Morgan fingerprint density at radius 1 is 0.775 bits per heavy atom. The zero-order valence-electron chi connectivity index (χ0n) is 22.3. The molecule has 2 heterocycles. The molecule has 0 amide bonds. The Kier molecular flexibility index (Phi) is 9.40. The van der Waals surface area contributed by atoms with Gasteiger partial charge in [-0.05, 0) is 36.0 Å². The molecule has 1 aliphatic heterocycles. The minimum Gasteiger partial charge on any atom is -0.485 e. The number of hydrogen-bond acceptors (Lipinski definition) is 6. The van der Waals surface area contributed by atoms with Crippen LogP contribution in [0.2, 0.25) is 0 Å². The number of carboxylic acid groups (broad SMARTS) is 1. The van der Waals surface area contributed by atoms with Crippen molar-refractivity contribution in [2.24, 2.45) is 0 Å². The van der Waals surface area contributed by atoms with Crippen molar-refractivity contribution >= 4 is 5.97 Å². The van der Waals surface area contributed by atoms with Gasteiger partial charge in [0.1, 0.15) is 13.2 Å². The van der Waals surface area contributed by atoms with Crippen molar-refractivity contribution in [3.8, 4) is 11.5 Å². The van der Waals surface area contributed by atoms with Crippen molar-refractivity contribution in [2.75, 3.05) is 6.61 Å². The summed E-state index contributed by atoms with van der Waals surface area (Å²) >= 11 is 0. The summed E-state index contributed by atoms with van der Waals surface area (Å²) in [5.74, 6) is -0.732. The Bertz CT molecular complexity index is 1370. The van der Waals surface area contributed by atoms with Crippen LogP contribution in [0.25, 0.3) is 0 Å². The molecule has 40 heavy (non-hydrogen) atoms. The average Bonchev–Trinajstić information content (AvgIpc) is 3.00. The minimum absolute atomic E-state index is 0.0910. The van der Waals surface area contributed by atoms with Gasteiger partial charge in [-0.1, -0.05) is 91.0 Å².